The number of para-hydroxylation sites is 1. The third-order valence-corrected chi connectivity index (χ3v) is 5.06. The van der Waals surface area contributed by atoms with Crippen LogP contribution < -0.4 is 15.6 Å². The van der Waals surface area contributed by atoms with Gasteiger partial charge in [0.15, 0.2) is 0 Å². The average Bonchev–Trinajstić information content (AvgIpc) is 3.10. The first-order valence-electron chi connectivity index (χ1n) is 10.1. The molecule has 1 unspecified atom stereocenters. The van der Waals surface area contributed by atoms with Gasteiger partial charge in [-0.1, -0.05) is 18.2 Å². The number of ether oxygens (including phenoxy) is 1. The Morgan fingerprint density at radius 3 is 2.63 bits per heavy atom. The minimum absolute atomic E-state index is 0.0445. The largest absolute Gasteiger partial charge is 0.493 e. The number of rotatable bonds is 6. The molecule has 2 heterocycles. The molecule has 0 radical (unpaired) electrons. The van der Waals surface area contributed by atoms with E-state index in [1.54, 1.807) is 24.8 Å². The number of hydrogen-bond donors (Lipinski definition) is 2. The number of hydrazine groups is 1. The summed E-state index contributed by atoms with van der Waals surface area (Å²) in [6, 6.07) is 10.9. The quantitative estimate of drug-likeness (QED) is 0.708. The molecule has 3 amide bonds. The Balaban J connectivity index is 1.44. The zero-order chi connectivity index (χ0) is 21.5. The number of carbonyl (C=O) groups excluding carboxylic acids is 3. The molecule has 8 heteroatoms. The molecule has 8 nitrogen and oxygen atoms in total. The van der Waals surface area contributed by atoms with Gasteiger partial charge in [0.25, 0.3) is 5.91 Å². The van der Waals surface area contributed by atoms with Gasteiger partial charge in [0, 0.05) is 13.1 Å². The molecule has 30 heavy (non-hydrogen) atoms. The van der Waals surface area contributed by atoms with Gasteiger partial charge in [-0.05, 0) is 44.9 Å². The molecule has 1 aliphatic rings. The molecule has 1 aromatic heterocycles. The lowest BCUT2D eigenvalue weighted by atomic mass is 9.97. The van der Waals surface area contributed by atoms with Crippen LogP contribution in [0.3, 0.4) is 0 Å². The molecule has 1 atom stereocenters. The number of carbonyl (C=O) groups is 3. The zero-order valence-electron chi connectivity index (χ0n) is 17.3. The number of nitrogens with one attached hydrogen (secondary N) is 2. The van der Waals surface area contributed by atoms with E-state index in [4.69, 9.17) is 9.15 Å². The average molecular weight is 413 g/mol. The Morgan fingerprint density at radius 1 is 1.17 bits per heavy atom. The van der Waals surface area contributed by atoms with Crippen LogP contribution in [0.2, 0.25) is 0 Å². The van der Waals surface area contributed by atoms with Crippen molar-refractivity contribution in [2.24, 2.45) is 5.92 Å². The minimum Gasteiger partial charge on any atom is -0.493 e. The first-order chi connectivity index (χ1) is 14.4. The van der Waals surface area contributed by atoms with Crippen molar-refractivity contribution in [3.05, 3.63) is 53.5 Å². The van der Waals surface area contributed by atoms with Gasteiger partial charge in [0.2, 0.25) is 11.8 Å². The first kappa shape index (κ1) is 21.4. The van der Waals surface area contributed by atoms with Crippen molar-refractivity contribution in [2.75, 3.05) is 19.7 Å². The maximum absolute atomic E-state index is 12.5. The molecule has 1 saturated heterocycles. The normalized spacial score (nSPS) is 16.1. The van der Waals surface area contributed by atoms with E-state index in [9.17, 15) is 14.4 Å². The Bertz CT molecular complexity index is 893. The molecule has 0 aliphatic carbocycles. The highest BCUT2D eigenvalue weighted by atomic mass is 16.5. The Kier molecular flexibility index (Phi) is 7.11. The smallest absolute Gasteiger partial charge is 0.273 e. The SMILES string of the molecule is Cc1cc(C(=O)NNC(=O)C2CCCN(C(=O)CCOc3ccccc3)C2)c(C)o1. The fourth-order valence-corrected chi connectivity index (χ4v) is 3.49. The van der Waals surface area contributed by atoms with Gasteiger partial charge in [-0.2, -0.15) is 0 Å². The van der Waals surface area contributed by atoms with Gasteiger partial charge in [-0.15, -0.1) is 0 Å². The molecule has 1 aliphatic heterocycles. The fourth-order valence-electron chi connectivity index (χ4n) is 3.49. The minimum atomic E-state index is -0.431. The molecule has 0 bridgehead atoms. The number of nitrogens with zero attached hydrogens (tertiary/aromatic N) is 1. The van der Waals surface area contributed by atoms with E-state index in [1.165, 1.54) is 0 Å². The number of hydrogen-bond acceptors (Lipinski definition) is 5. The summed E-state index contributed by atoms with van der Waals surface area (Å²) >= 11 is 0. The molecule has 1 aromatic carbocycles. The van der Waals surface area contributed by atoms with Crippen LogP contribution in [0.4, 0.5) is 0 Å². The summed E-state index contributed by atoms with van der Waals surface area (Å²) in [5.74, 6) is 0.689. The Morgan fingerprint density at radius 2 is 1.93 bits per heavy atom. The van der Waals surface area contributed by atoms with E-state index in [0.29, 0.717) is 36.6 Å². The van der Waals surface area contributed by atoms with E-state index in [-0.39, 0.29) is 30.8 Å². The van der Waals surface area contributed by atoms with Crippen LogP contribution in [0, 0.1) is 19.8 Å². The van der Waals surface area contributed by atoms with Crippen LogP contribution in [-0.2, 0) is 9.59 Å². The van der Waals surface area contributed by atoms with E-state index in [1.807, 2.05) is 30.3 Å². The van der Waals surface area contributed by atoms with Gasteiger partial charge in [-0.3, -0.25) is 25.2 Å². The van der Waals surface area contributed by atoms with Crippen molar-refractivity contribution < 1.29 is 23.5 Å². The Hall–Kier alpha value is -3.29. The predicted molar refractivity (Wildman–Crippen MR) is 110 cm³/mol. The molecule has 2 aromatic rings. The van der Waals surface area contributed by atoms with Crippen LogP contribution in [-0.4, -0.2) is 42.3 Å². The van der Waals surface area contributed by atoms with Crippen LogP contribution in [0.25, 0.3) is 0 Å². The van der Waals surface area contributed by atoms with Crippen molar-refractivity contribution in [1.82, 2.24) is 15.8 Å². The predicted octanol–water partition coefficient (Wildman–Crippen LogP) is 2.37. The summed E-state index contributed by atoms with van der Waals surface area (Å²) in [5.41, 5.74) is 5.27. The molecular weight excluding hydrogens is 386 g/mol. The van der Waals surface area contributed by atoms with Crippen molar-refractivity contribution in [3.8, 4) is 5.75 Å². The number of piperidine rings is 1. The number of likely N-dealkylation sites (tertiary alicyclic amines) is 1. The van der Waals surface area contributed by atoms with Crippen molar-refractivity contribution >= 4 is 17.7 Å². The van der Waals surface area contributed by atoms with Crippen molar-refractivity contribution in [3.63, 3.8) is 0 Å². The zero-order valence-corrected chi connectivity index (χ0v) is 17.3. The molecule has 0 saturated carbocycles. The second-order valence-corrected chi connectivity index (χ2v) is 7.36. The molecular formula is C22H27N3O5. The lowest BCUT2D eigenvalue weighted by Crippen LogP contribution is -2.50. The lowest BCUT2D eigenvalue weighted by molar-refractivity contribution is -0.136. The van der Waals surface area contributed by atoms with Crippen LogP contribution in [0.5, 0.6) is 5.75 Å². The van der Waals surface area contributed by atoms with Gasteiger partial charge in [0.05, 0.1) is 24.5 Å². The number of furan rings is 1. The molecule has 1 fully saturated rings. The van der Waals surface area contributed by atoms with E-state index >= 15 is 0 Å². The molecule has 2 N–H and O–H groups in total. The fraction of sp³-hybridized carbons (Fsp3) is 0.409. The highest BCUT2D eigenvalue weighted by Crippen LogP contribution is 2.18. The number of benzene rings is 1. The van der Waals surface area contributed by atoms with Crippen molar-refractivity contribution in [2.45, 2.75) is 33.1 Å². The monoisotopic (exact) mass is 413 g/mol. The van der Waals surface area contributed by atoms with E-state index < -0.39 is 5.91 Å². The number of amides is 3. The van der Waals surface area contributed by atoms with Gasteiger partial charge in [-0.25, -0.2) is 0 Å². The highest BCUT2D eigenvalue weighted by molar-refractivity contribution is 5.96. The summed E-state index contributed by atoms with van der Waals surface area (Å²) < 4.78 is 10.9. The second-order valence-electron chi connectivity index (χ2n) is 7.36. The van der Waals surface area contributed by atoms with E-state index in [2.05, 4.69) is 10.9 Å². The van der Waals surface area contributed by atoms with Crippen LogP contribution in [0.15, 0.2) is 40.8 Å². The second kappa shape index (κ2) is 9.96. The highest BCUT2D eigenvalue weighted by Gasteiger charge is 2.28. The topological polar surface area (TPSA) is 101 Å². The van der Waals surface area contributed by atoms with Crippen LogP contribution in [0.1, 0.15) is 41.1 Å². The first-order valence-corrected chi connectivity index (χ1v) is 10.1. The molecule has 160 valence electrons. The van der Waals surface area contributed by atoms with Gasteiger partial charge >= 0.3 is 0 Å². The Labute approximate surface area is 175 Å². The third kappa shape index (κ3) is 5.62. The third-order valence-electron chi connectivity index (χ3n) is 5.06. The van der Waals surface area contributed by atoms with Crippen LogP contribution >= 0.6 is 0 Å². The number of aryl methyl sites for hydroxylation is 2. The van der Waals surface area contributed by atoms with Crippen molar-refractivity contribution in [1.29, 1.82) is 0 Å². The standard InChI is InChI=1S/C22H27N3O5/c1-15-13-19(16(2)30-15)22(28)24-23-21(27)17-7-6-11-25(14-17)20(26)10-12-29-18-8-4-3-5-9-18/h3-5,8-9,13,17H,6-7,10-12,14H2,1-2H3,(H,23,27)(H,24,28). The summed E-state index contributed by atoms with van der Waals surface area (Å²) in [6.45, 7) is 4.68. The maximum Gasteiger partial charge on any atom is 0.273 e. The van der Waals surface area contributed by atoms with Gasteiger partial charge < -0.3 is 14.1 Å². The lowest BCUT2D eigenvalue weighted by Gasteiger charge is -2.32. The van der Waals surface area contributed by atoms with E-state index in [0.717, 1.165) is 12.2 Å². The maximum atomic E-state index is 12.5. The van der Waals surface area contributed by atoms with Gasteiger partial charge in [0.1, 0.15) is 17.3 Å². The molecule has 0 spiro atoms. The summed E-state index contributed by atoms with van der Waals surface area (Å²) in [6.07, 6.45) is 1.65. The summed E-state index contributed by atoms with van der Waals surface area (Å²) in [5, 5.41) is 0. The summed E-state index contributed by atoms with van der Waals surface area (Å²) in [7, 11) is 0. The summed E-state index contributed by atoms with van der Waals surface area (Å²) in [4.78, 5) is 38.9. The molecule has 3 rings (SSSR count).